The third-order valence-electron chi connectivity index (χ3n) is 3.09. The number of ether oxygens (including phenoxy) is 2. The van der Waals surface area contributed by atoms with Crippen molar-refractivity contribution in [1.29, 1.82) is 0 Å². The lowest BCUT2D eigenvalue weighted by Crippen LogP contribution is -2.42. The fraction of sp³-hybridized carbons (Fsp3) is 0.500. The molecule has 1 fully saturated rings. The summed E-state index contributed by atoms with van der Waals surface area (Å²) >= 11 is 0. The summed E-state index contributed by atoms with van der Waals surface area (Å²) in [6, 6.07) is 5.55. The molecule has 1 aromatic carbocycles. The molecule has 0 radical (unpaired) electrons. The molecule has 4 nitrogen and oxygen atoms in total. The second-order valence-corrected chi connectivity index (χ2v) is 4.65. The molecule has 1 saturated heterocycles. The Morgan fingerprint density at radius 3 is 2.89 bits per heavy atom. The van der Waals surface area contributed by atoms with Crippen LogP contribution in [0.25, 0.3) is 0 Å². The summed E-state index contributed by atoms with van der Waals surface area (Å²) < 4.78 is 23.4. The molecule has 2 unspecified atom stereocenters. The lowest BCUT2D eigenvalue weighted by molar-refractivity contribution is -0.124. The van der Waals surface area contributed by atoms with Gasteiger partial charge < -0.3 is 14.8 Å². The Labute approximate surface area is 111 Å². The van der Waals surface area contributed by atoms with Crippen LogP contribution in [0.15, 0.2) is 24.3 Å². The molecule has 0 bridgehead atoms. The van der Waals surface area contributed by atoms with Crippen LogP contribution in [0.2, 0.25) is 0 Å². The topological polar surface area (TPSA) is 47.6 Å². The Hall–Kier alpha value is -1.62. The number of rotatable bonds is 5. The van der Waals surface area contributed by atoms with Crippen LogP contribution in [-0.2, 0) is 9.53 Å². The van der Waals surface area contributed by atoms with Crippen LogP contribution in [0.3, 0.4) is 0 Å². The Morgan fingerprint density at radius 1 is 1.53 bits per heavy atom. The van der Waals surface area contributed by atoms with Crippen LogP contribution in [0, 0.1) is 5.82 Å². The van der Waals surface area contributed by atoms with Gasteiger partial charge in [0.1, 0.15) is 11.6 Å². The van der Waals surface area contributed by atoms with E-state index in [1.807, 2.05) is 6.92 Å². The molecule has 0 aliphatic carbocycles. The number of hydrogen-bond acceptors (Lipinski definition) is 3. The van der Waals surface area contributed by atoms with Gasteiger partial charge in [0, 0.05) is 6.61 Å². The first-order chi connectivity index (χ1) is 9.15. The maximum atomic E-state index is 12.7. The summed E-state index contributed by atoms with van der Waals surface area (Å²) in [7, 11) is 0. The second kappa shape index (κ2) is 6.52. The normalized spacial score (nSPS) is 20.0. The van der Waals surface area contributed by atoms with Crippen molar-refractivity contribution >= 4 is 5.91 Å². The van der Waals surface area contributed by atoms with Crippen molar-refractivity contribution in [2.24, 2.45) is 0 Å². The molecule has 1 aliphatic rings. The highest BCUT2D eigenvalue weighted by molar-refractivity contribution is 5.77. The number of amides is 1. The lowest BCUT2D eigenvalue weighted by atomic mass is 10.1. The Balaban J connectivity index is 1.73. The van der Waals surface area contributed by atoms with E-state index in [2.05, 4.69) is 5.32 Å². The molecule has 2 rings (SSSR count). The molecule has 2 atom stereocenters. The molecule has 0 aromatic heterocycles. The maximum Gasteiger partial charge on any atom is 0.258 e. The highest BCUT2D eigenvalue weighted by Gasteiger charge is 2.23. The average Bonchev–Trinajstić information content (AvgIpc) is 2.92. The first-order valence-electron chi connectivity index (χ1n) is 6.44. The van der Waals surface area contributed by atoms with Crippen LogP contribution in [0.1, 0.15) is 19.8 Å². The van der Waals surface area contributed by atoms with E-state index in [-0.39, 0.29) is 30.5 Å². The fourth-order valence-electron chi connectivity index (χ4n) is 2.07. The summed E-state index contributed by atoms with van der Waals surface area (Å²) in [4.78, 5) is 11.7. The molecule has 0 spiro atoms. The Bertz CT molecular complexity index is 415. The van der Waals surface area contributed by atoms with Gasteiger partial charge in [0.25, 0.3) is 5.91 Å². The van der Waals surface area contributed by atoms with Gasteiger partial charge in [-0.05, 0) is 44.0 Å². The molecule has 1 aromatic rings. The molecule has 1 aliphatic heterocycles. The van der Waals surface area contributed by atoms with Gasteiger partial charge in [-0.3, -0.25) is 4.79 Å². The van der Waals surface area contributed by atoms with Gasteiger partial charge in [-0.15, -0.1) is 0 Å². The van der Waals surface area contributed by atoms with Crippen molar-refractivity contribution in [2.45, 2.75) is 31.9 Å². The van der Waals surface area contributed by atoms with Crippen LogP contribution < -0.4 is 10.1 Å². The van der Waals surface area contributed by atoms with Gasteiger partial charge in [-0.1, -0.05) is 0 Å². The standard InChI is InChI=1S/C14H18FNO3/c1-10(13-3-2-8-18-13)16-14(17)9-19-12-6-4-11(15)5-7-12/h4-7,10,13H,2-3,8-9H2,1H3,(H,16,17). The van der Waals surface area contributed by atoms with Crippen LogP contribution in [0.5, 0.6) is 5.75 Å². The lowest BCUT2D eigenvalue weighted by Gasteiger charge is -2.20. The third kappa shape index (κ3) is 4.21. The molecule has 0 saturated carbocycles. The van der Waals surface area contributed by atoms with E-state index in [0.29, 0.717) is 5.75 Å². The quantitative estimate of drug-likeness (QED) is 0.886. The molecule has 1 N–H and O–H groups in total. The van der Waals surface area contributed by atoms with Crippen molar-refractivity contribution in [3.8, 4) is 5.75 Å². The Kier molecular flexibility index (Phi) is 4.74. The largest absolute Gasteiger partial charge is 0.484 e. The van der Waals surface area contributed by atoms with Gasteiger partial charge in [-0.25, -0.2) is 4.39 Å². The van der Waals surface area contributed by atoms with Crippen LogP contribution >= 0.6 is 0 Å². The van der Waals surface area contributed by atoms with E-state index in [1.54, 1.807) is 0 Å². The van der Waals surface area contributed by atoms with E-state index in [1.165, 1.54) is 24.3 Å². The van der Waals surface area contributed by atoms with E-state index in [9.17, 15) is 9.18 Å². The van der Waals surface area contributed by atoms with E-state index in [0.717, 1.165) is 19.4 Å². The molecule has 1 heterocycles. The molecular formula is C14H18FNO3. The summed E-state index contributed by atoms with van der Waals surface area (Å²) in [5, 5.41) is 2.84. The van der Waals surface area contributed by atoms with Crippen molar-refractivity contribution in [1.82, 2.24) is 5.32 Å². The highest BCUT2D eigenvalue weighted by Crippen LogP contribution is 2.15. The predicted molar refractivity (Wildman–Crippen MR) is 68.5 cm³/mol. The smallest absolute Gasteiger partial charge is 0.258 e. The SMILES string of the molecule is CC(NC(=O)COc1ccc(F)cc1)C1CCCO1. The van der Waals surface area contributed by atoms with E-state index < -0.39 is 0 Å². The number of halogens is 1. The minimum atomic E-state index is -0.330. The second-order valence-electron chi connectivity index (χ2n) is 4.65. The zero-order valence-electron chi connectivity index (χ0n) is 10.9. The summed E-state index contributed by atoms with van der Waals surface area (Å²) in [6.07, 6.45) is 2.10. The molecule has 104 valence electrons. The minimum absolute atomic E-state index is 0.0215. The number of carbonyl (C=O) groups is 1. The van der Waals surface area contributed by atoms with Gasteiger partial charge in [-0.2, -0.15) is 0 Å². The van der Waals surface area contributed by atoms with E-state index >= 15 is 0 Å². The maximum absolute atomic E-state index is 12.7. The Morgan fingerprint density at radius 2 is 2.26 bits per heavy atom. The monoisotopic (exact) mass is 267 g/mol. The zero-order chi connectivity index (χ0) is 13.7. The molecule has 1 amide bonds. The van der Waals surface area contributed by atoms with Gasteiger partial charge in [0.2, 0.25) is 0 Å². The minimum Gasteiger partial charge on any atom is -0.484 e. The molecule has 19 heavy (non-hydrogen) atoms. The average molecular weight is 267 g/mol. The fourth-order valence-corrected chi connectivity index (χ4v) is 2.07. The van der Waals surface area contributed by atoms with E-state index in [4.69, 9.17) is 9.47 Å². The van der Waals surface area contributed by atoms with Crippen molar-refractivity contribution in [2.75, 3.05) is 13.2 Å². The van der Waals surface area contributed by atoms with Crippen molar-refractivity contribution in [3.05, 3.63) is 30.1 Å². The summed E-state index contributed by atoms with van der Waals surface area (Å²) in [5.41, 5.74) is 0. The number of carbonyl (C=O) groups excluding carboxylic acids is 1. The number of hydrogen-bond donors (Lipinski definition) is 1. The summed E-state index contributed by atoms with van der Waals surface area (Å²) in [5.74, 6) is -0.0579. The summed E-state index contributed by atoms with van der Waals surface area (Å²) in [6.45, 7) is 2.60. The van der Waals surface area contributed by atoms with Crippen LogP contribution in [-0.4, -0.2) is 31.3 Å². The molecular weight excluding hydrogens is 249 g/mol. The van der Waals surface area contributed by atoms with Crippen molar-refractivity contribution in [3.63, 3.8) is 0 Å². The highest BCUT2D eigenvalue weighted by atomic mass is 19.1. The predicted octanol–water partition coefficient (Wildman–Crippen LogP) is 1.89. The molecule has 5 heteroatoms. The van der Waals surface area contributed by atoms with Gasteiger partial charge in [0.15, 0.2) is 6.61 Å². The van der Waals surface area contributed by atoms with Crippen LogP contribution in [0.4, 0.5) is 4.39 Å². The number of benzene rings is 1. The first kappa shape index (κ1) is 13.8. The third-order valence-corrected chi connectivity index (χ3v) is 3.09. The van der Waals surface area contributed by atoms with Gasteiger partial charge >= 0.3 is 0 Å². The van der Waals surface area contributed by atoms with Gasteiger partial charge in [0.05, 0.1) is 12.1 Å². The number of nitrogens with one attached hydrogen (secondary N) is 1. The zero-order valence-corrected chi connectivity index (χ0v) is 10.9. The van der Waals surface area contributed by atoms with Crippen molar-refractivity contribution < 1.29 is 18.7 Å². The first-order valence-corrected chi connectivity index (χ1v) is 6.44.